The van der Waals surface area contributed by atoms with Gasteiger partial charge in [0.15, 0.2) is 0 Å². The molecular formula is C23H32N4O6S. The summed E-state index contributed by atoms with van der Waals surface area (Å²) in [6.45, 7) is 0.443. The molecule has 3 aliphatic rings. The van der Waals surface area contributed by atoms with E-state index in [2.05, 4.69) is 10.6 Å². The van der Waals surface area contributed by atoms with E-state index in [9.17, 15) is 22.8 Å². The van der Waals surface area contributed by atoms with Crippen molar-refractivity contribution < 1.29 is 27.5 Å². The van der Waals surface area contributed by atoms with Gasteiger partial charge in [-0.15, -0.1) is 0 Å². The highest BCUT2D eigenvalue weighted by molar-refractivity contribution is 7.89. The lowest BCUT2D eigenvalue weighted by Gasteiger charge is -2.26. The molecule has 4 rings (SSSR count). The van der Waals surface area contributed by atoms with Crippen LogP contribution in [0.25, 0.3) is 0 Å². The summed E-state index contributed by atoms with van der Waals surface area (Å²) in [6.07, 6.45) is 7.48. The fourth-order valence-corrected chi connectivity index (χ4v) is 6.73. The smallest absolute Gasteiger partial charge is 0.325 e. The predicted octanol–water partition coefficient (Wildman–Crippen LogP) is 2.45. The van der Waals surface area contributed by atoms with Gasteiger partial charge in [-0.3, -0.25) is 14.5 Å². The maximum atomic E-state index is 13.2. The number of nitrogens with one attached hydrogen (secondary N) is 2. The number of urea groups is 1. The average Bonchev–Trinajstić information content (AvgIpc) is 2.98. The third kappa shape index (κ3) is 4.76. The van der Waals surface area contributed by atoms with Crippen molar-refractivity contribution in [2.24, 2.45) is 0 Å². The van der Waals surface area contributed by atoms with E-state index >= 15 is 0 Å². The summed E-state index contributed by atoms with van der Waals surface area (Å²) in [4.78, 5) is 39.2. The van der Waals surface area contributed by atoms with Gasteiger partial charge in [-0.1, -0.05) is 32.1 Å². The van der Waals surface area contributed by atoms with Gasteiger partial charge >= 0.3 is 6.03 Å². The molecule has 1 spiro atoms. The van der Waals surface area contributed by atoms with Gasteiger partial charge in [0, 0.05) is 18.8 Å². The minimum atomic E-state index is -3.80. The number of anilines is 1. The highest BCUT2D eigenvalue weighted by Gasteiger charge is 2.51. The Balaban J connectivity index is 1.48. The molecule has 0 bridgehead atoms. The van der Waals surface area contributed by atoms with Crippen LogP contribution in [0.5, 0.6) is 5.75 Å². The van der Waals surface area contributed by atoms with Crippen molar-refractivity contribution in [3.63, 3.8) is 0 Å². The molecule has 34 heavy (non-hydrogen) atoms. The Morgan fingerprint density at radius 2 is 1.71 bits per heavy atom. The van der Waals surface area contributed by atoms with Crippen LogP contribution >= 0.6 is 0 Å². The first-order valence-electron chi connectivity index (χ1n) is 11.9. The van der Waals surface area contributed by atoms with E-state index in [0.717, 1.165) is 49.8 Å². The Bertz CT molecular complexity index is 1060. The summed E-state index contributed by atoms with van der Waals surface area (Å²) in [6, 6.07) is 3.81. The summed E-state index contributed by atoms with van der Waals surface area (Å²) < 4.78 is 33.1. The molecular weight excluding hydrogens is 460 g/mol. The molecule has 1 aliphatic carbocycles. The van der Waals surface area contributed by atoms with Gasteiger partial charge in [0.1, 0.15) is 22.7 Å². The van der Waals surface area contributed by atoms with Gasteiger partial charge in [0.05, 0.1) is 7.11 Å². The molecule has 186 valence electrons. The standard InChI is InChI=1S/C23H32N4O6S/c1-33-18-10-9-17(15-19(18)34(31,32)26-13-7-4-8-14-26)24-20(28)16-27-21(29)23(25-22(27)30)11-5-2-3-6-12-23/h9-10,15H,2-8,11-14,16H2,1H3,(H,24,28)(H,25,30). The number of nitrogens with zero attached hydrogens (tertiary/aromatic N) is 2. The largest absolute Gasteiger partial charge is 0.495 e. The van der Waals surface area contributed by atoms with Crippen LogP contribution in [0.15, 0.2) is 23.1 Å². The molecule has 3 fully saturated rings. The summed E-state index contributed by atoms with van der Waals surface area (Å²) in [5.74, 6) is -0.758. The minimum absolute atomic E-state index is 0.0258. The number of rotatable bonds is 6. The van der Waals surface area contributed by atoms with Crippen LogP contribution in [0.2, 0.25) is 0 Å². The number of amides is 4. The topological polar surface area (TPSA) is 125 Å². The fourth-order valence-electron chi connectivity index (χ4n) is 5.04. The molecule has 1 aromatic carbocycles. The van der Waals surface area contributed by atoms with Crippen molar-refractivity contribution in [2.75, 3.05) is 32.1 Å². The lowest BCUT2D eigenvalue weighted by atomic mass is 9.90. The van der Waals surface area contributed by atoms with Crippen LogP contribution in [0.3, 0.4) is 0 Å². The van der Waals surface area contributed by atoms with Crippen LogP contribution in [-0.2, 0) is 19.6 Å². The van der Waals surface area contributed by atoms with Crippen LogP contribution in [0.1, 0.15) is 57.8 Å². The number of hydrogen-bond acceptors (Lipinski definition) is 6. The summed E-state index contributed by atoms with van der Waals surface area (Å²) in [5.41, 5.74) is -0.665. The van der Waals surface area contributed by atoms with Crippen LogP contribution in [0, 0.1) is 0 Å². The Kier molecular flexibility index (Phi) is 7.13. The van der Waals surface area contributed by atoms with Crippen LogP contribution in [-0.4, -0.2) is 67.8 Å². The molecule has 0 aromatic heterocycles. The Hall–Kier alpha value is -2.66. The normalized spacial score (nSPS) is 21.3. The van der Waals surface area contributed by atoms with Gasteiger partial charge in [0.25, 0.3) is 5.91 Å². The monoisotopic (exact) mass is 492 g/mol. The molecule has 2 saturated heterocycles. The average molecular weight is 493 g/mol. The number of methoxy groups -OCH3 is 1. The van der Waals surface area contributed by atoms with Crippen molar-refractivity contribution >= 4 is 33.6 Å². The van der Waals surface area contributed by atoms with E-state index in [1.54, 1.807) is 0 Å². The second kappa shape index (κ2) is 9.91. The summed E-state index contributed by atoms with van der Waals surface area (Å²) in [7, 11) is -2.40. The quantitative estimate of drug-likeness (QED) is 0.588. The number of carbonyl (C=O) groups excluding carboxylic acids is 3. The first-order valence-corrected chi connectivity index (χ1v) is 13.3. The minimum Gasteiger partial charge on any atom is -0.495 e. The zero-order valence-electron chi connectivity index (χ0n) is 19.5. The van der Waals surface area contributed by atoms with Gasteiger partial charge in [-0.2, -0.15) is 4.31 Å². The van der Waals surface area contributed by atoms with Crippen LogP contribution in [0.4, 0.5) is 10.5 Å². The van der Waals surface area contributed by atoms with E-state index in [0.29, 0.717) is 25.9 Å². The van der Waals surface area contributed by atoms with E-state index in [1.807, 2.05) is 0 Å². The Labute approximate surface area is 200 Å². The molecule has 1 saturated carbocycles. The molecule has 2 aliphatic heterocycles. The highest BCUT2D eigenvalue weighted by atomic mass is 32.2. The third-order valence-corrected chi connectivity index (χ3v) is 8.80. The van der Waals surface area contributed by atoms with Gasteiger partial charge in [0.2, 0.25) is 15.9 Å². The Morgan fingerprint density at radius 1 is 1.06 bits per heavy atom. The van der Waals surface area contributed by atoms with Crippen molar-refractivity contribution in [1.29, 1.82) is 0 Å². The maximum absolute atomic E-state index is 13.2. The molecule has 0 atom stereocenters. The number of hydrogen-bond donors (Lipinski definition) is 2. The number of piperidine rings is 1. The van der Waals surface area contributed by atoms with Crippen LogP contribution < -0.4 is 15.4 Å². The van der Waals surface area contributed by atoms with Gasteiger partial charge < -0.3 is 15.4 Å². The first kappa shape index (κ1) is 24.5. The maximum Gasteiger partial charge on any atom is 0.325 e. The lowest BCUT2D eigenvalue weighted by molar-refractivity contribution is -0.134. The van der Waals surface area contributed by atoms with Gasteiger partial charge in [-0.25, -0.2) is 13.2 Å². The second-order valence-electron chi connectivity index (χ2n) is 9.20. The number of sulfonamides is 1. The fraction of sp³-hybridized carbons (Fsp3) is 0.609. The molecule has 0 unspecified atom stereocenters. The van der Waals surface area contributed by atoms with Crippen molar-refractivity contribution in [3.8, 4) is 5.75 Å². The van der Waals surface area contributed by atoms with Gasteiger partial charge in [-0.05, 0) is 43.9 Å². The molecule has 1 aromatic rings. The SMILES string of the molecule is COc1ccc(NC(=O)CN2C(=O)NC3(CCCCCC3)C2=O)cc1S(=O)(=O)N1CCCCC1. The van der Waals surface area contributed by atoms with E-state index in [4.69, 9.17) is 4.74 Å². The van der Waals surface area contributed by atoms with E-state index < -0.39 is 34.0 Å². The first-order chi connectivity index (χ1) is 16.3. The van der Waals surface area contributed by atoms with E-state index in [-0.39, 0.29) is 22.2 Å². The summed E-state index contributed by atoms with van der Waals surface area (Å²) >= 11 is 0. The number of carbonyl (C=O) groups is 3. The lowest BCUT2D eigenvalue weighted by Crippen LogP contribution is -2.47. The Morgan fingerprint density at radius 3 is 2.35 bits per heavy atom. The molecule has 4 amide bonds. The van der Waals surface area contributed by atoms with E-state index in [1.165, 1.54) is 29.6 Å². The molecule has 11 heteroatoms. The number of benzene rings is 1. The van der Waals surface area contributed by atoms with Crippen molar-refractivity contribution in [3.05, 3.63) is 18.2 Å². The third-order valence-electron chi connectivity index (χ3n) is 6.88. The zero-order chi connectivity index (χ0) is 24.3. The molecule has 2 heterocycles. The molecule has 0 radical (unpaired) electrons. The number of imide groups is 1. The predicted molar refractivity (Wildman–Crippen MR) is 125 cm³/mol. The van der Waals surface area contributed by atoms with Crippen molar-refractivity contribution in [1.82, 2.24) is 14.5 Å². The van der Waals surface area contributed by atoms with Crippen molar-refractivity contribution in [2.45, 2.75) is 68.2 Å². The highest BCUT2D eigenvalue weighted by Crippen LogP contribution is 2.33. The second-order valence-corrected chi connectivity index (χ2v) is 11.1. The summed E-state index contributed by atoms with van der Waals surface area (Å²) in [5, 5.41) is 5.44. The molecule has 10 nitrogen and oxygen atoms in total. The number of ether oxygens (including phenoxy) is 1. The molecule has 2 N–H and O–H groups in total. The zero-order valence-corrected chi connectivity index (χ0v) is 20.3.